The predicted molar refractivity (Wildman–Crippen MR) is 289 cm³/mol. The number of ether oxygens (including phenoxy) is 3. The largest absolute Gasteiger partial charge is 0.462 e. The van der Waals surface area contributed by atoms with E-state index >= 15 is 0 Å². The first-order valence-corrected chi connectivity index (χ1v) is 29.8. The standard InChI is InChI=1S/C61H114O6/c1-4-7-10-13-16-19-22-25-27-29-30-32-33-36-39-42-45-48-51-54-60(63)66-57-58(56-65-59(62)53-50-47-44-41-38-35-24-21-18-15-12-9-6-3)67-61(64)55-52-49-46-43-40-37-34-31-28-26-23-20-17-14-11-8-5-2/h17,20,26,28,58H,4-16,18-19,21-25,27,29-57H2,1-3H3/b20-17-,28-26-/t58-/m0/s1. The second-order valence-electron chi connectivity index (χ2n) is 20.3. The number of rotatable bonds is 55. The van der Waals surface area contributed by atoms with Crippen molar-refractivity contribution in [2.45, 2.75) is 335 Å². The molecule has 0 fully saturated rings. The molecule has 0 rings (SSSR count). The third kappa shape index (κ3) is 54.7. The summed E-state index contributed by atoms with van der Waals surface area (Å²) < 4.78 is 16.9. The minimum absolute atomic E-state index is 0.0688. The number of hydrogen-bond acceptors (Lipinski definition) is 6. The highest BCUT2D eigenvalue weighted by molar-refractivity contribution is 5.71. The van der Waals surface area contributed by atoms with Crippen LogP contribution in [0.3, 0.4) is 0 Å². The van der Waals surface area contributed by atoms with Crippen LogP contribution in [0, 0.1) is 0 Å². The van der Waals surface area contributed by atoms with Crippen LogP contribution in [-0.4, -0.2) is 37.2 Å². The summed E-state index contributed by atoms with van der Waals surface area (Å²) in [7, 11) is 0. The van der Waals surface area contributed by atoms with Gasteiger partial charge < -0.3 is 14.2 Å². The van der Waals surface area contributed by atoms with Crippen molar-refractivity contribution in [1.82, 2.24) is 0 Å². The van der Waals surface area contributed by atoms with Crippen LogP contribution < -0.4 is 0 Å². The van der Waals surface area contributed by atoms with E-state index in [4.69, 9.17) is 14.2 Å². The summed E-state index contributed by atoms with van der Waals surface area (Å²) in [6, 6.07) is 0. The van der Waals surface area contributed by atoms with Crippen molar-refractivity contribution in [2.75, 3.05) is 13.2 Å². The molecule has 0 N–H and O–H groups in total. The molecule has 0 heterocycles. The molecule has 0 bridgehead atoms. The van der Waals surface area contributed by atoms with Crippen molar-refractivity contribution in [1.29, 1.82) is 0 Å². The number of carbonyl (C=O) groups excluding carboxylic acids is 3. The molecule has 0 aliphatic rings. The topological polar surface area (TPSA) is 78.9 Å². The Hall–Kier alpha value is -2.11. The zero-order valence-electron chi connectivity index (χ0n) is 45.2. The van der Waals surface area contributed by atoms with Gasteiger partial charge in [0.05, 0.1) is 0 Å². The second kappa shape index (κ2) is 56.5. The van der Waals surface area contributed by atoms with Crippen LogP contribution in [0.25, 0.3) is 0 Å². The molecule has 1 atom stereocenters. The van der Waals surface area contributed by atoms with E-state index < -0.39 is 6.10 Å². The highest BCUT2D eigenvalue weighted by Gasteiger charge is 2.19. The van der Waals surface area contributed by atoms with Gasteiger partial charge in [-0.2, -0.15) is 0 Å². The summed E-state index contributed by atoms with van der Waals surface area (Å²) in [5.74, 6) is -0.853. The fourth-order valence-corrected chi connectivity index (χ4v) is 8.95. The molecule has 0 unspecified atom stereocenters. The molecule has 0 amide bonds. The third-order valence-corrected chi connectivity index (χ3v) is 13.5. The van der Waals surface area contributed by atoms with E-state index in [0.717, 1.165) is 70.6 Å². The lowest BCUT2D eigenvalue weighted by Gasteiger charge is -2.18. The van der Waals surface area contributed by atoms with E-state index in [1.165, 1.54) is 218 Å². The summed E-state index contributed by atoms with van der Waals surface area (Å²) in [5, 5.41) is 0. The van der Waals surface area contributed by atoms with Gasteiger partial charge in [-0.3, -0.25) is 14.4 Å². The first kappa shape index (κ1) is 64.9. The van der Waals surface area contributed by atoms with Gasteiger partial charge in [-0.15, -0.1) is 0 Å². The summed E-state index contributed by atoms with van der Waals surface area (Å²) in [6.07, 6.45) is 66.0. The van der Waals surface area contributed by atoms with E-state index in [0.29, 0.717) is 19.3 Å². The summed E-state index contributed by atoms with van der Waals surface area (Å²) in [4.78, 5) is 38.2. The van der Waals surface area contributed by atoms with E-state index in [-0.39, 0.29) is 31.1 Å². The van der Waals surface area contributed by atoms with Crippen molar-refractivity contribution >= 4 is 17.9 Å². The molecule has 0 aromatic heterocycles. The van der Waals surface area contributed by atoms with Crippen LogP contribution >= 0.6 is 0 Å². The fraction of sp³-hybridized carbons (Fsp3) is 0.885. The molecule has 0 aromatic rings. The molecule has 394 valence electrons. The van der Waals surface area contributed by atoms with Gasteiger partial charge in [-0.25, -0.2) is 0 Å². The third-order valence-electron chi connectivity index (χ3n) is 13.5. The van der Waals surface area contributed by atoms with E-state index in [1.807, 2.05) is 0 Å². The second-order valence-corrected chi connectivity index (χ2v) is 20.3. The van der Waals surface area contributed by atoms with Gasteiger partial charge in [0.1, 0.15) is 13.2 Å². The Morgan fingerprint density at radius 3 is 0.851 bits per heavy atom. The smallest absolute Gasteiger partial charge is 0.306 e. The minimum Gasteiger partial charge on any atom is -0.462 e. The molecule has 6 nitrogen and oxygen atoms in total. The maximum atomic E-state index is 12.9. The van der Waals surface area contributed by atoms with Crippen molar-refractivity contribution in [3.63, 3.8) is 0 Å². The molecule has 0 aliphatic carbocycles. The van der Waals surface area contributed by atoms with Crippen LogP contribution in [0.2, 0.25) is 0 Å². The summed E-state index contributed by atoms with van der Waals surface area (Å²) >= 11 is 0. The quantitative estimate of drug-likeness (QED) is 0.0262. The Labute approximate surface area is 417 Å². The molecule has 0 spiro atoms. The SMILES string of the molecule is CCCCC/C=C\C/C=C\CCCCCCCCCC(=O)O[C@@H](COC(=O)CCCCCCCCCCCCCCC)COC(=O)CCCCCCCCCCCCCCCCCCCCC. The molecule has 0 aromatic carbocycles. The first-order chi connectivity index (χ1) is 33.0. The zero-order valence-corrected chi connectivity index (χ0v) is 45.2. The molecule has 0 saturated heterocycles. The number of hydrogen-bond donors (Lipinski definition) is 0. The van der Waals surface area contributed by atoms with E-state index in [1.54, 1.807) is 0 Å². The van der Waals surface area contributed by atoms with E-state index in [2.05, 4.69) is 45.1 Å². The van der Waals surface area contributed by atoms with Crippen LogP contribution in [-0.2, 0) is 28.6 Å². The molecular formula is C61H114O6. The summed E-state index contributed by atoms with van der Waals surface area (Å²) in [5.41, 5.74) is 0. The number of carbonyl (C=O) groups is 3. The van der Waals surface area contributed by atoms with Gasteiger partial charge >= 0.3 is 17.9 Å². The Morgan fingerprint density at radius 1 is 0.299 bits per heavy atom. The Balaban J connectivity index is 4.31. The molecule has 6 heteroatoms. The normalized spacial score (nSPS) is 12.1. The molecule has 0 aliphatic heterocycles. The molecular weight excluding hydrogens is 829 g/mol. The van der Waals surface area contributed by atoms with Gasteiger partial charge in [0.2, 0.25) is 0 Å². The lowest BCUT2D eigenvalue weighted by atomic mass is 10.0. The Morgan fingerprint density at radius 2 is 0.537 bits per heavy atom. The highest BCUT2D eigenvalue weighted by Crippen LogP contribution is 2.17. The fourth-order valence-electron chi connectivity index (χ4n) is 8.95. The lowest BCUT2D eigenvalue weighted by molar-refractivity contribution is -0.167. The average Bonchev–Trinajstić information content (AvgIpc) is 3.33. The van der Waals surface area contributed by atoms with Crippen molar-refractivity contribution < 1.29 is 28.6 Å². The maximum Gasteiger partial charge on any atom is 0.306 e. The Kier molecular flexibility index (Phi) is 54.7. The van der Waals surface area contributed by atoms with Gasteiger partial charge in [0, 0.05) is 19.3 Å². The monoisotopic (exact) mass is 943 g/mol. The lowest BCUT2D eigenvalue weighted by Crippen LogP contribution is -2.30. The number of allylic oxidation sites excluding steroid dienone is 4. The van der Waals surface area contributed by atoms with Crippen LogP contribution in [0.4, 0.5) is 0 Å². The maximum absolute atomic E-state index is 12.9. The molecule has 67 heavy (non-hydrogen) atoms. The Bertz CT molecular complexity index is 1080. The first-order valence-electron chi connectivity index (χ1n) is 29.8. The highest BCUT2D eigenvalue weighted by atomic mass is 16.6. The number of esters is 3. The predicted octanol–water partition coefficient (Wildman–Crippen LogP) is 19.9. The average molecular weight is 944 g/mol. The van der Waals surface area contributed by atoms with Gasteiger partial charge in [0.25, 0.3) is 0 Å². The van der Waals surface area contributed by atoms with Gasteiger partial charge in [-0.05, 0) is 51.4 Å². The molecule has 0 radical (unpaired) electrons. The van der Waals surface area contributed by atoms with E-state index in [9.17, 15) is 14.4 Å². The van der Waals surface area contributed by atoms with Gasteiger partial charge in [0.15, 0.2) is 6.10 Å². The van der Waals surface area contributed by atoms with Crippen molar-refractivity contribution in [2.24, 2.45) is 0 Å². The van der Waals surface area contributed by atoms with Crippen molar-refractivity contribution in [3.05, 3.63) is 24.3 Å². The zero-order chi connectivity index (χ0) is 48.6. The van der Waals surface area contributed by atoms with Crippen molar-refractivity contribution in [3.8, 4) is 0 Å². The van der Waals surface area contributed by atoms with Gasteiger partial charge in [-0.1, -0.05) is 283 Å². The minimum atomic E-state index is -0.770. The van der Waals surface area contributed by atoms with Crippen LogP contribution in [0.15, 0.2) is 24.3 Å². The van der Waals surface area contributed by atoms with Crippen LogP contribution in [0.5, 0.6) is 0 Å². The molecule has 0 saturated carbocycles. The number of unbranched alkanes of at least 4 members (excludes halogenated alkanes) is 40. The summed E-state index contributed by atoms with van der Waals surface area (Å²) in [6.45, 7) is 6.66. The van der Waals surface area contributed by atoms with Crippen LogP contribution in [0.1, 0.15) is 329 Å².